The zero-order valence-electron chi connectivity index (χ0n) is 13.2. The van der Waals surface area contributed by atoms with Gasteiger partial charge in [-0.25, -0.2) is 4.79 Å². The lowest BCUT2D eigenvalue weighted by molar-refractivity contribution is -0.147. The van der Waals surface area contributed by atoms with E-state index in [9.17, 15) is 14.7 Å². The van der Waals surface area contributed by atoms with Crippen molar-refractivity contribution in [3.63, 3.8) is 0 Å². The van der Waals surface area contributed by atoms with Crippen molar-refractivity contribution in [1.29, 1.82) is 0 Å². The molecule has 0 aromatic rings. The molecule has 20 heavy (non-hydrogen) atoms. The minimum Gasteiger partial charge on any atom is -0.444 e. The molecule has 0 spiro atoms. The quantitative estimate of drug-likeness (QED) is 0.815. The van der Waals surface area contributed by atoms with Gasteiger partial charge in [-0.15, -0.1) is 0 Å². The van der Waals surface area contributed by atoms with Crippen LogP contribution in [0.5, 0.6) is 0 Å². The molecular weight excluding hydrogens is 260 g/mol. The maximum absolute atomic E-state index is 12.2. The summed E-state index contributed by atoms with van der Waals surface area (Å²) in [6.45, 7) is 11.4. The molecule has 1 rings (SSSR count). The van der Waals surface area contributed by atoms with Crippen LogP contribution in [-0.4, -0.2) is 52.3 Å². The predicted octanol–water partition coefficient (Wildman–Crippen LogP) is 1.13. The fourth-order valence-corrected chi connectivity index (χ4v) is 1.89. The topological polar surface area (TPSA) is 78.9 Å². The van der Waals surface area contributed by atoms with Crippen LogP contribution in [-0.2, 0) is 9.53 Å². The van der Waals surface area contributed by atoms with E-state index in [1.165, 1.54) is 0 Å². The predicted molar refractivity (Wildman–Crippen MR) is 75.2 cm³/mol. The first-order chi connectivity index (χ1) is 8.92. The van der Waals surface area contributed by atoms with Crippen LogP contribution in [0.4, 0.5) is 4.79 Å². The summed E-state index contributed by atoms with van der Waals surface area (Å²) in [4.78, 5) is 25.6. The number of likely N-dealkylation sites (tertiary alicyclic amines) is 1. The number of carbonyl (C=O) groups excluding carboxylic acids is 2. The molecule has 0 saturated carbocycles. The van der Waals surface area contributed by atoms with Gasteiger partial charge in [-0.1, -0.05) is 6.92 Å². The molecule has 1 heterocycles. The van der Waals surface area contributed by atoms with Gasteiger partial charge in [0.2, 0.25) is 5.91 Å². The van der Waals surface area contributed by atoms with Crippen molar-refractivity contribution in [2.45, 2.75) is 58.8 Å². The number of hydrogen-bond acceptors (Lipinski definition) is 4. The van der Waals surface area contributed by atoms with Gasteiger partial charge in [0.25, 0.3) is 0 Å². The Morgan fingerprint density at radius 3 is 2.15 bits per heavy atom. The Kier molecular flexibility index (Phi) is 4.69. The zero-order chi connectivity index (χ0) is 15.7. The van der Waals surface area contributed by atoms with E-state index in [-0.39, 0.29) is 5.91 Å². The van der Waals surface area contributed by atoms with Crippen LogP contribution < -0.4 is 5.32 Å². The van der Waals surface area contributed by atoms with Crippen molar-refractivity contribution < 1.29 is 19.4 Å². The number of carbonyl (C=O) groups is 2. The molecule has 1 atom stereocenters. The standard InChI is InChI=1S/C14H26N2O4/c1-9(11(18)16-7-10(17)8-16)14(5,6)15-12(19)20-13(2,3)4/h9-10,17H,7-8H2,1-6H3,(H,15,19). The lowest BCUT2D eigenvalue weighted by Gasteiger charge is -2.41. The third kappa shape index (κ3) is 4.37. The number of ether oxygens (including phenoxy) is 1. The van der Waals surface area contributed by atoms with Crippen molar-refractivity contribution in [1.82, 2.24) is 10.2 Å². The number of hydrogen-bond donors (Lipinski definition) is 2. The normalized spacial score (nSPS) is 18.2. The highest BCUT2D eigenvalue weighted by Gasteiger charge is 2.39. The lowest BCUT2D eigenvalue weighted by atomic mass is 9.87. The van der Waals surface area contributed by atoms with Crippen molar-refractivity contribution in [2.75, 3.05) is 13.1 Å². The maximum Gasteiger partial charge on any atom is 0.408 e. The number of aliphatic hydroxyl groups excluding tert-OH is 1. The van der Waals surface area contributed by atoms with E-state index in [1.54, 1.807) is 46.4 Å². The first-order valence-electron chi connectivity index (χ1n) is 6.90. The smallest absolute Gasteiger partial charge is 0.408 e. The summed E-state index contributed by atoms with van der Waals surface area (Å²) in [5, 5.41) is 12.0. The van der Waals surface area contributed by atoms with E-state index in [1.807, 2.05) is 0 Å². The Morgan fingerprint density at radius 2 is 1.75 bits per heavy atom. The summed E-state index contributed by atoms with van der Waals surface area (Å²) in [7, 11) is 0. The summed E-state index contributed by atoms with van der Waals surface area (Å²) in [5.41, 5.74) is -1.30. The van der Waals surface area contributed by atoms with Crippen LogP contribution in [0, 0.1) is 5.92 Å². The van der Waals surface area contributed by atoms with Gasteiger partial charge < -0.3 is 20.1 Å². The molecule has 0 bridgehead atoms. The van der Waals surface area contributed by atoms with Crippen LogP contribution in [0.15, 0.2) is 0 Å². The summed E-state index contributed by atoms with van der Waals surface area (Å²) in [6.07, 6.45) is -0.959. The lowest BCUT2D eigenvalue weighted by Crippen LogP contribution is -2.60. The fourth-order valence-electron chi connectivity index (χ4n) is 1.89. The number of amides is 2. The monoisotopic (exact) mass is 286 g/mol. The summed E-state index contributed by atoms with van der Waals surface area (Å²) in [6, 6.07) is 0. The van der Waals surface area contributed by atoms with Crippen LogP contribution in [0.25, 0.3) is 0 Å². The van der Waals surface area contributed by atoms with Gasteiger partial charge in [-0.2, -0.15) is 0 Å². The van der Waals surface area contributed by atoms with Crippen LogP contribution in [0.2, 0.25) is 0 Å². The van der Waals surface area contributed by atoms with Gasteiger partial charge in [0, 0.05) is 18.6 Å². The largest absolute Gasteiger partial charge is 0.444 e. The van der Waals surface area contributed by atoms with Crippen molar-refractivity contribution in [3.05, 3.63) is 0 Å². The second-order valence-corrected chi connectivity index (χ2v) is 6.97. The number of nitrogens with zero attached hydrogens (tertiary/aromatic N) is 1. The second-order valence-electron chi connectivity index (χ2n) is 6.97. The minimum absolute atomic E-state index is 0.0728. The molecular formula is C14H26N2O4. The van der Waals surface area contributed by atoms with E-state index in [2.05, 4.69) is 5.32 Å². The number of aliphatic hydroxyl groups is 1. The first-order valence-corrected chi connectivity index (χ1v) is 6.90. The van der Waals surface area contributed by atoms with Crippen LogP contribution in [0.3, 0.4) is 0 Å². The van der Waals surface area contributed by atoms with Crippen molar-refractivity contribution in [3.8, 4) is 0 Å². The van der Waals surface area contributed by atoms with Gasteiger partial charge in [0.15, 0.2) is 0 Å². The fraction of sp³-hybridized carbons (Fsp3) is 0.857. The molecule has 1 aliphatic rings. The van der Waals surface area contributed by atoms with Gasteiger partial charge in [0.1, 0.15) is 5.60 Å². The highest BCUT2D eigenvalue weighted by atomic mass is 16.6. The Bertz CT molecular complexity index is 381. The summed E-state index contributed by atoms with van der Waals surface area (Å²) < 4.78 is 5.21. The molecule has 116 valence electrons. The molecule has 1 aliphatic heterocycles. The summed E-state index contributed by atoms with van der Waals surface area (Å²) >= 11 is 0. The van der Waals surface area contributed by atoms with E-state index < -0.39 is 29.3 Å². The van der Waals surface area contributed by atoms with Crippen molar-refractivity contribution in [2.24, 2.45) is 5.92 Å². The Labute approximate surface area is 120 Å². The van der Waals surface area contributed by atoms with Gasteiger partial charge in [-0.3, -0.25) is 4.79 Å². The van der Waals surface area contributed by atoms with Crippen LogP contribution in [0.1, 0.15) is 41.5 Å². The Balaban J connectivity index is 2.58. The number of β-amino-alcohol motifs (C(OH)–C–C–N with tert-alkyl or cyclic N) is 1. The average Bonchev–Trinajstić information content (AvgIpc) is 2.19. The minimum atomic E-state index is -0.722. The maximum atomic E-state index is 12.2. The zero-order valence-corrected chi connectivity index (χ0v) is 13.2. The molecule has 6 heteroatoms. The van der Waals surface area contributed by atoms with E-state index >= 15 is 0 Å². The van der Waals surface area contributed by atoms with E-state index in [4.69, 9.17) is 4.74 Å². The highest BCUT2D eigenvalue weighted by Crippen LogP contribution is 2.22. The molecule has 1 fully saturated rings. The Hall–Kier alpha value is -1.30. The summed E-state index contributed by atoms with van der Waals surface area (Å²) in [5.74, 6) is -0.473. The van der Waals surface area contributed by atoms with E-state index in [0.29, 0.717) is 13.1 Å². The molecule has 1 unspecified atom stereocenters. The third-order valence-electron chi connectivity index (χ3n) is 3.45. The molecule has 6 nitrogen and oxygen atoms in total. The molecule has 0 aromatic carbocycles. The second kappa shape index (κ2) is 5.60. The van der Waals surface area contributed by atoms with Gasteiger partial charge in [-0.05, 0) is 34.6 Å². The van der Waals surface area contributed by atoms with Crippen LogP contribution >= 0.6 is 0 Å². The van der Waals surface area contributed by atoms with Crippen molar-refractivity contribution >= 4 is 12.0 Å². The molecule has 0 aromatic heterocycles. The average molecular weight is 286 g/mol. The Morgan fingerprint density at radius 1 is 1.25 bits per heavy atom. The highest BCUT2D eigenvalue weighted by molar-refractivity contribution is 5.81. The molecule has 0 aliphatic carbocycles. The van der Waals surface area contributed by atoms with Gasteiger partial charge >= 0.3 is 6.09 Å². The van der Waals surface area contributed by atoms with E-state index in [0.717, 1.165) is 0 Å². The first kappa shape index (κ1) is 16.8. The number of nitrogens with one attached hydrogen (secondary N) is 1. The molecule has 2 amide bonds. The third-order valence-corrected chi connectivity index (χ3v) is 3.45. The number of rotatable bonds is 3. The SMILES string of the molecule is CC(C(=O)N1CC(O)C1)C(C)(C)NC(=O)OC(C)(C)C. The van der Waals surface area contributed by atoms with Gasteiger partial charge in [0.05, 0.1) is 12.0 Å². The molecule has 2 N–H and O–H groups in total. The molecule has 0 radical (unpaired) electrons. The molecule has 1 saturated heterocycles. The number of alkyl carbamates (subject to hydrolysis) is 1.